The Hall–Kier alpha value is -3.41. The van der Waals surface area contributed by atoms with Crippen LogP contribution in [0, 0.1) is 0 Å². The number of hydrogen-bond donors (Lipinski definition) is 2. The Bertz CT molecular complexity index is 882. The first kappa shape index (κ1) is 18.4. The van der Waals surface area contributed by atoms with Gasteiger partial charge in [-0.25, -0.2) is 9.97 Å². The number of nitrogens with zero attached hydrogens (tertiary/aromatic N) is 2. The predicted molar refractivity (Wildman–Crippen MR) is 106 cm³/mol. The molecule has 0 fully saturated rings. The third kappa shape index (κ3) is 5.04. The van der Waals surface area contributed by atoms with Crippen LogP contribution < -0.4 is 15.4 Å². The smallest absolute Gasteiger partial charge is 0.274 e. The van der Waals surface area contributed by atoms with Crippen LogP contribution in [-0.2, 0) is 0 Å². The minimum Gasteiger partial charge on any atom is -0.494 e. The molecule has 3 rings (SSSR count). The first-order valence-electron chi connectivity index (χ1n) is 8.83. The molecule has 0 aliphatic carbocycles. The predicted octanol–water partition coefficient (Wildman–Crippen LogP) is 4.30. The van der Waals surface area contributed by atoms with Gasteiger partial charge in [0.15, 0.2) is 0 Å². The van der Waals surface area contributed by atoms with Gasteiger partial charge < -0.3 is 15.4 Å². The van der Waals surface area contributed by atoms with Crippen molar-refractivity contribution in [3.05, 3.63) is 78.2 Å². The van der Waals surface area contributed by atoms with Crippen LogP contribution in [0.4, 0.5) is 11.5 Å². The largest absolute Gasteiger partial charge is 0.494 e. The van der Waals surface area contributed by atoms with Crippen molar-refractivity contribution in [1.82, 2.24) is 9.97 Å². The molecule has 0 aliphatic rings. The van der Waals surface area contributed by atoms with Crippen molar-refractivity contribution < 1.29 is 9.53 Å². The maximum Gasteiger partial charge on any atom is 0.274 e. The molecule has 0 spiro atoms. The molecule has 0 aliphatic heterocycles. The van der Waals surface area contributed by atoms with E-state index in [1.807, 2.05) is 56.3 Å². The molecule has 0 bridgehead atoms. The highest BCUT2D eigenvalue weighted by atomic mass is 16.5. The van der Waals surface area contributed by atoms with Gasteiger partial charge in [0.2, 0.25) is 0 Å². The molecule has 2 N–H and O–H groups in total. The number of nitrogens with one attached hydrogen (secondary N) is 2. The summed E-state index contributed by atoms with van der Waals surface area (Å²) in [4.78, 5) is 20.8. The monoisotopic (exact) mass is 362 g/mol. The van der Waals surface area contributed by atoms with Crippen molar-refractivity contribution >= 4 is 17.4 Å². The zero-order chi connectivity index (χ0) is 19.1. The number of hydrogen-bond acceptors (Lipinski definition) is 5. The fraction of sp³-hybridized carbons (Fsp3) is 0.190. The average molecular weight is 362 g/mol. The number of carbonyl (C=O) groups is 1. The molecule has 1 aromatic heterocycles. The molecule has 3 aromatic rings. The molecule has 0 radical (unpaired) electrons. The van der Waals surface area contributed by atoms with E-state index >= 15 is 0 Å². The Labute approximate surface area is 158 Å². The lowest BCUT2D eigenvalue weighted by molar-refractivity contribution is 0.102. The molecule has 27 heavy (non-hydrogen) atoms. The summed E-state index contributed by atoms with van der Waals surface area (Å²) in [5.74, 6) is 1.06. The molecular weight excluding hydrogens is 340 g/mol. The molecule has 138 valence electrons. The Kier molecular flexibility index (Phi) is 5.99. The van der Waals surface area contributed by atoms with Crippen LogP contribution in [0.15, 0.2) is 67.0 Å². The van der Waals surface area contributed by atoms with Crippen molar-refractivity contribution in [3.8, 4) is 5.75 Å². The third-order valence-electron chi connectivity index (χ3n) is 3.99. The van der Waals surface area contributed by atoms with Crippen LogP contribution in [0.1, 0.15) is 35.9 Å². The topological polar surface area (TPSA) is 76.1 Å². The van der Waals surface area contributed by atoms with Gasteiger partial charge >= 0.3 is 0 Å². The summed E-state index contributed by atoms with van der Waals surface area (Å²) in [6.45, 7) is 4.57. The molecule has 1 heterocycles. The SMILES string of the molecule is CCOc1ccc(NC(=O)c2cc(NC(C)c3ccccc3)ncn2)cc1. The van der Waals surface area contributed by atoms with E-state index < -0.39 is 0 Å². The van der Waals surface area contributed by atoms with Crippen molar-refractivity contribution in [2.75, 3.05) is 17.2 Å². The minimum atomic E-state index is -0.294. The fourth-order valence-electron chi connectivity index (χ4n) is 2.60. The molecule has 0 saturated heterocycles. The van der Waals surface area contributed by atoms with Gasteiger partial charge in [0, 0.05) is 17.8 Å². The second kappa shape index (κ2) is 8.80. The Morgan fingerprint density at radius 2 is 1.81 bits per heavy atom. The number of carbonyl (C=O) groups excluding carboxylic acids is 1. The van der Waals surface area contributed by atoms with Gasteiger partial charge in [0.1, 0.15) is 23.6 Å². The number of aromatic nitrogens is 2. The zero-order valence-corrected chi connectivity index (χ0v) is 15.3. The standard InChI is InChI=1S/C21H22N4O2/c1-3-27-18-11-9-17(10-12-18)25-21(26)19-13-20(23-14-22-19)24-15(2)16-7-5-4-6-8-16/h4-15H,3H2,1-2H3,(H,25,26)(H,22,23,24). The fourth-order valence-corrected chi connectivity index (χ4v) is 2.60. The average Bonchev–Trinajstić information content (AvgIpc) is 2.70. The Morgan fingerprint density at radius 3 is 2.52 bits per heavy atom. The number of ether oxygens (including phenoxy) is 1. The molecule has 6 heteroatoms. The third-order valence-corrected chi connectivity index (χ3v) is 3.99. The lowest BCUT2D eigenvalue weighted by atomic mass is 10.1. The Balaban J connectivity index is 1.66. The van der Waals surface area contributed by atoms with E-state index in [2.05, 4.69) is 20.6 Å². The van der Waals surface area contributed by atoms with Crippen molar-refractivity contribution in [2.24, 2.45) is 0 Å². The maximum atomic E-state index is 12.5. The van der Waals surface area contributed by atoms with Gasteiger partial charge in [-0.2, -0.15) is 0 Å². The van der Waals surface area contributed by atoms with Crippen LogP contribution >= 0.6 is 0 Å². The van der Waals surface area contributed by atoms with Gasteiger partial charge in [-0.15, -0.1) is 0 Å². The van der Waals surface area contributed by atoms with Gasteiger partial charge in [-0.1, -0.05) is 30.3 Å². The normalized spacial score (nSPS) is 11.5. The van der Waals surface area contributed by atoms with E-state index in [1.165, 1.54) is 6.33 Å². The van der Waals surface area contributed by atoms with Gasteiger partial charge in [-0.05, 0) is 43.7 Å². The van der Waals surface area contributed by atoms with Crippen LogP contribution in [-0.4, -0.2) is 22.5 Å². The summed E-state index contributed by atoms with van der Waals surface area (Å²) in [5.41, 5.74) is 2.10. The van der Waals surface area contributed by atoms with E-state index in [0.29, 0.717) is 23.8 Å². The van der Waals surface area contributed by atoms with Crippen molar-refractivity contribution in [3.63, 3.8) is 0 Å². The van der Waals surface area contributed by atoms with Crippen LogP contribution in [0.5, 0.6) is 5.75 Å². The highest BCUT2D eigenvalue weighted by molar-refractivity contribution is 6.03. The number of amides is 1. The van der Waals surface area contributed by atoms with E-state index in [9.17, 15) is 4.79 Å². The van der Waals surface area contributed by atoms with E-state index in [-0.39, 0.29) is 11.9 Å². The second-order valence-corrected chi connectivity index (χ2v) is 5.98. The van der Waals surface area contributed by atoms with E-state index in [1.54, 1.807) is 18.2 Å². The summed E-state index contributed by atoms with van der Waals surface area (Å²) in [7, 11) is 0. The summed E-state index contributed by atoms with van der Waals surface area (Å²) < 4.78 is 5.40. The molecule has 1 unspecified atom stereocenters. The van der Waals surface area contributed by atoms with Crippen LogP contribution in [0.3, 0.4) is 0 Å². The van der Waals surface area contributed by atoms with Gasteiger partial charge in [-0.3, -0.25) is 4.79 Å². The summed E-state index contributed by atoms with van der Waals surface area (Å²) >= 11 is 0. The lowest BCUT2D eigenvalue weighted by Crippen LogP contribution is -2.15. The summed E-state index contributed by atoms with van der Waals surface area (Å²) in [6, 6.07) is 18.9. The van der Waals surface area contributed by atoms with E-state index in [4.69, 9.17) is 4.74 Å². The number of anilines is 2. The number of benzene rings is 2. The van der Waals surface area contributed by atoms with Crippen molar-refractivity contribution in [1.29, 1.82) is 0 Å². The second-order valence-electron chi connectivity index (χ2n) is 5.98. The van der Waals surface area contributed by atoms with Gasteiger partial charge in [0.05, 0.1) is 6.61 Å². The van der Waals surface area contributed by atoms with Gasteiger partial charge in [0.25, 0.3) is 5.91 Å². The highest BCUT2D eigenvalue weighted by Gasteiger charge is 2.11. The first-order chi connectivity index (χ1) is 13.2. The van der Waals surface area contributed by atoms with Crippen LogP contribution in [0.2, 0.25) is 0 Å². The molecule has 2 aromatic carbocycles. The van der Waals surface area contributed by atoms with E-state index in [0.717, 1.165) is 11.3 Å². The lowest BCUT2D eigenvalue weighted by Gasteiger charge is -2.15. The molecule has 1 atom stereocenters. The number of rotatable bonds is 7. The summed E-state index contributed by atoms with van der Waals surface area (Å²) in [6.07, 6.45) is 1.38. The first-order valence-corrected chi connectivity index (χ1v) is 8.83. The zero-order valence-electron chi connectivity index (χ0n) is 15.3. The molecule has 6 nitrogen and oxygen atoms in total. The minimum absolute atomic E-state index is 0.0584. The maximum absolute atomic E-state index is 12.5. The highest BCUT2D eigenvalue weighted by Crippen LogP contribution is 2.19. The van der Waals surface area contributed by atoms with Crippen LogP contribution in [0.25, 0.3) is 0 Å². The molecule has 1 amide bonds. The summed E-state index contributed by atoms with van der Waals surface area (Å²) in [5, 5.41) is 6.12. The van der Waals surface area contributed by atoms with Crippen molar-refractivity contribution in [2.45, 2.75) is 19.9 Å². The molecule has 0 saturated carbocycles. The Morgan fingerprint density at radius 1 is 1.07 bits per heavy atom. The quantitative estimate of drug-likeness (QED) is 0.655. The molecular formula is C21H22N4O2.